The fourth-order valence-electron chi connectivity index (χ4n) is 4.46. The first-order chi connectivity index (χ1) is 15.4. The van der Waals surface area contributed by atoms with Gasteiger partial charge in [-0.15, -0.1) is 0 Å². The Morgan fingerprint density at radius 1 is 1.00 bits per heavy atom. The molecular formula is C24H26F6N2O. The molecule has 1 aliphatic rings. The molecule has 0 radical (unpaired) electrons. The summed E-state index contributed by atoms with van der Waals surface area (Å²) in [4.78, 5) is 13.5. The van der Waals surface area contributed by atoms with Crippen LogP contribution >= 0.6 is 0 Å². The molecule has 1 aliphatic carbocycles. The van der Waals surface area contributed by atoms with E-state index in [1.54, 1.807) is 12.1 Å². The number of carbonyl (C=O) groups excluding carboxylic acids is 1. The highest BCUT2D eigenvalue weighted by atomic mass is 19.4. The van der Waals surface area contributed by atoms with E-state index in [4.69, 9.17) is 5.73 Å². The van der Waals surface area contributed by atoms with Crippen LogP contribution in [-0.2, 0) is 22.6 Å². The van der Waals surface area contributed by atoms with Gasteiger partial charge in [-0.05, 0) is 74.4 Å². The monoisotopic (exact) mass is 472 g/mol. The Labute approximate surface area is 188 Å². The number of amides is 1. The molecule has 180 valence electrons. The van der Waals surface area contributed by atoms with Gasteiger partial charge in [0.25, 0.3) is 0 Å². The van der Waals surface area contributed by atoms with Crippen LogP contribution in [0.1, 0.15) is 60.9 Å². The largest absolute Gasteiger partial charge is 0.416 e. The maximum atomic E-state index is 13.5. The maximum Gasteiger partial charge on any atom is 0.416 e. The molecular weight excluding hydrogens is 446 g/mol. The van der Waals surface area contributed by atoms with E-state index in [0.717, 1.165) is 5.56 Å². The van der Waals surface area contributed by atoms with E-state index in [1.807, 2.05) is 18.2 Å². The van der Waals surface area contributed by atoms with Gasteiger partial charge in [-0.3, -0.25) is 4.79 Å². The molecule has 3 nitrogen and oxygen atoms in total. The van der Waals surface area contributed by atoms with Crippen molar-refractivity contribution in [2.24, 2.45) is 11.7 Å². The predicted molar refractivity (Wildman–Crippen MR) is 112 cm³/mol. The van der Waals surface area contributed by atoms with Crippen LogP contribution in [0.25, 0.3) is 0 Å². The van der Waals surface area contributed by atoms with Crippen LogP contribution < -0.4 is 11.1 Å². The van der Waals surface area contributed by atoms with E-state index in [9.17, 15) is 31.1 Å². The van der Waals surface area contributed by atoms with E-state index < -0.39 is 40.8 Å². The van der Waals surface area contributed by atoms with Gasteiger partial charge in [0.2, 0.25) is 5.91 Å². The van der Waals surface area contributed by atoms with Crippen LogP contribution in [0.15, 0.2) is 48.5 Å². The summed E-state index contributed by atoms with van der Waals surface area (Å²) in [6.45, 7) is 1.88. The Bertz CT molecular complexity index is 931. The van der Waals surface area contributed by atoms with Crippen molar-refractivity contribution in [2.75, 3.05) is 6.54 Å². The first-order valence-corrected chi connectivity index (χ1v) is 10.7. The molecule has 1 saturated carbocycles. The Morgan fingerprint density at radius 2 is 1.52 bits per heavy atom. The summed E-state index contributed by atoms with van der Waals surface area (Å²) in [5, 5.41) is 2.69. The Kier molecular flexibility index (Phi) is 7.12. The number of carbonyl (C=O) groups is 1. The third-order valence-electron chi connectivity index (χ3n) is 6.51. The lowest BCUT2D eigenvalue weighted by molar-refractivity contribution is -0.143. The molecule has 0 bridgehead atoms. The summed E-state index contributed by atoms with van der Waals surface area (Å²) in [6.07, 6.45) is -7.51. The molecule has 0 spiro atoms. The van der Waals surface area contributed by atoms with E-state index >= 15 is 0 Å². The van der Waals surface area contributed by atoms with Crippen molar-refractivity contribution in [3.8, 4) is 0 Å². The maximum absolute atomic E-state index is 13.5. The molecule has 0 aromatic heterocycles. The van der Waals surface area contributed by atoms with Gasteiger partial charge in [-0.25, -0.2) is 0 Å². The van der Waals surface area contributed by atoms with E-state index in [-0.39, 0.29) is 17.5 Å². The molecule has 9 heteroatoms. The van der Waals surface area contributed by atoms with Gasteiger partial charge in [0.1, 0.15) is 0 Å². The molecule has 1 atom stereocenters. The standard InChI is InChI=1S/C24H26F6N2O/c1-15(17-11-19(23(25,26)27)13-20(12-17)24(28,29)30)32-21(33)22(18-5-3-2-4-6-18)9-7-16(14-31)8-10-22/h2-6,11-13,15-16H,7-10,14,31H2,1H3,(H,32,33)/t15?,16-,22-. The minimum absolute atomic E-state index is 0.0809. The van der Waals surface area contributed by atoms with Crippen molar-refractivity contribution >= 4 is 5.91 Å². The summed E-state index contributed by atoms with van der Waals surface area (Å²) in [5.74, 6) is -0.146. The number of hydrogen-bond acceptors (Lipinski definition) is 2. The molecule has 3 rings (SSSR count). The zero-order valence-corrected chi connectivity index (χ0v) is 18.1. The first kappa shape index (κ1) is 25.1. The van der Waals surface area contributed by atoms with E-state index in [1.165, 1.54) is 6.92 Å². The zero-order valence-electron chi connectivity index (χ0n) is 18.1. The molecule has 0 saturated heterocycles. The third-order valence-corrected chi connectivity index (χ3v) is 6.51. The number of nitrogens with two attached hydrogens (primary N) is 1. The molecule has 3 N–H and O–H groups in total. The number of halogens is 6. The molecule has 1 fully saturated rings. The van der Waals surface area contributed by atoms with E-state index in [2.05, 4.69) is 5.32 Å². The molecule has 2 aromatic carbocycles. The van der Waals surface area contributed by atoms with Gasteiger partial charge in [-0.1, -0.05) is 30.3 Å². The van der Waals surface area contributed by atoms with Gasteiger partial charge in [-0.2, -0.15) is 26.3 Å². The smallest absolute Gasteiger partial charge is 0.349 e. The topological polar surface area (TPSA) is 55.1 Å². The summed E-state index contributed by atoms with van der Waals surface area (Å²) in [6, 6.07) is 9.37. The second-order valence-corrected chi connectivity index (χ2v) is 8.66. The molecule has 1 unspecified atom stereocenters. The van der Waals surface area contributed by atoms with Crippen molar-refractivity contribution in [3.63, 3.8) is 0 Å². The molecule has 1 amide bonds. The highest BCUT2D eigenvalue weighted by Crippen LogP contribution is 2.43. The van der Waals surface area contributed by atoms with Gasteiger partial charge in [0, 0.05) is 0 Å². The van der Waals surface area contributed by atoms with Gasteiger partial charge in [0.15, 0.2) is 0 Å². The number of rotatable bonds is 5. The summed E-state index contributed by atoms with van der Waals surface area (Å²) < 4.78 is 79.4. The first-order valence-electron chi connectivity index (χ1n) is 10.7. The average molecular weight is 472 g/mol. The van der Waals surface area contributed by atoms with Crippen molar-refractivity contribution < 1.29 is 31.1 Å². The minimum atomic E-state index is -4.95. The van der Waals surface area contributed by atoms with Crippen molar-refractivity contribution in [3.05, 3.63) is 70.8 Å². The number of nitrogens with one attached hydrogen (secondary N) is 1. The fourth-order valence-corrected chi connectivity index (χ4v) is 4.46. The van der Waals surface area contributed by atoms with Crippen molar-refractivity contribution in [2.45, 2.75) is 56.4 Å². The second kappa shape index (κ2) is 9.37. The Morgan fingerprint density at radius 3 is 1.97 bits per heavy atom. The number of hydrogen-bond donors (Lipinski definition) is 2. The van der Waals surface area contributed by atoms with Crippen molar-refractivity contribution in [1.29, 1.82) is 0 Å². The lowest BCUT2D eigenvalue weighted by Crippen LogP contribution is -2.48. The molecule has 2 aromatic rings. The van der Waals surface area contributed by atoms with Crippen LogP contribution in [0, 0.1) is 5.92 Å². The summed E-state index contributed by atoms with van der Waals surface area (Å²) in [5.41, 5.74) is 2.55. The highest BCUT2D eigenvalue weighted by Gasteiger charge is 2.44. The fraction of sp³-hybridized carbons (Fsp3) is 0.458. The molecule has 0 heterocycles. The minimum Gasteiger partial charge on any atom is -0.349 e. The molecule has 0 aliphatic heterocycles. The number of benzene rings is 2. The van der Waals surface area contributed by atoms with Gasteiger partial charge < -0.3 is 11.1 Å². The lowest BCUT2D eigenvalue weighted by atomic mass is 9.66. The predicted octanol–water partition coefficient (Wildman–Crippen LogP) is 5.99. The summed E-state index contributed by atoms with van der Waals surface area (Å²) >= 11 is 0. The van der Waals surface area contributed by atoms with Crippen LogP contribution in [0.2, 0.25) is 0 Å². The second-order valence-electron chi connectivity index (χ2n) is 8.66. The molecule has 33 heavy (non-hydrogen) atoms. The van der Waals surface area contributed by atoms with Crippen LogP contribution in [0.5, 0.6) is 0 Å². The normalized spacial score (nSPS) is 22.6. The zero-order chi connectivity index (χ0) is 24.4. The third kappa shape index (κ3) is 5.51. The quantitative estimate of drug-likeness (QED) is 0.526. The van der Waals surface area contributed by atoms with Crippen LogP contribution in [-0.4, -0.2) is 12.5 Å². The lowest BCUT2D eigenvalue weighted by Gasteiger charge is -2.40. The Hall–Kier alpha value is -2.55. The van der Waals surface area contributed by atoms with E-state index in [0.29, 0.717) is 44.4 Å². The highest BCUT2D eigenvalue weighted by molar-refractivity contribution is 5.88. The van der Waals surface area contributed by atoms with Crippen LogP contribution in [0.4, 0.5) is 26.3 Å². The SMILES string of the molecule is CC(NC(=O)[C@]1(c2ccccc2)CC[C@@H](CN)CC1)c1cc(C(F)(F)F)cc(C(F)(F)F)c1. The number of alkyl halides is 6. The summed E-state index contributed by atoms with van der Waals surface area (Å²) in [7, 11) is 0. The van der Waals surface area contributed by atoms with Gasteiger partial charge >= 0.3 is 12.4 Å². The van der Waals surface area contributed by atoms with Crippen LogP contribution in [0.3, 0.4) is 0 Å². The van der Waals surface area contributed by atoms with Crippen molar-refractivity contribution in [1.82, 2.24) is 5.32 Å². The average Bonchev–Trinajstić information content (AvgIpc) is 2.78. The Balaban J connectivity index is 1.94. The van der Waals surface area contributed by atoms with Gasteiger partial charge in [0.05, 0.1) is 22.6 Å².